The Hall–Kier alpha value is -3.33. The summed E-state index contributed by atoms with van der Waals surface area (Å²) in [7, 11) is -3.68. The Balaban J connectivity index is 1.57. The number of esters is 1. The van der Waals surface area contributed by atoms with Crippen LogP contribution >= 0.6 is 11.3 Å². The number of rotatable bonds is 10. The zero-order valence-corrected chi connectivity index (χ0v) is 23.2. The lowest BCUT2D eigenvalue weighted by atomic mass is 9.85. The van der Waals surface area contributed by atoms with E-state index in [9.17, 15) is 13.2 Å². The third-order valence-corrected chi connectivity index (χ3v) is 8.44. The smallest absolute Gasteiger partial charge is 0.306 e. The lowest BCUT2D eigenvalue weighted by Gasteiger charge is -2.27. The third kappa shape index (κ3) is 6.56. The summed E-state index contributed by atoms with van der Waals surface area (Å²) in [4.78, 5) is 15.2. The van der Waals surface area contributed by atoms with Gasteiger partial charge in [-0.2, -0.15) is 0 Å². The first-order valence-electron chi connectivity index (χ1n) is 12.5. The molecule has 0 bridgehead atoms. The molecule has 1 N–H and O–H groups in total. The van der Waals surface area contributed by atoms with E-state index in [4.69, 9.17) is 16.0 Å². The van der Waals surface area contributed by atoms with Gasteiger partial charge >= 0.3 is 5.97 Å². The van der Waals surface area contributed by atoms with Crippen LogP contribution in [-0.4, -0.2) is 43.0 Å². The van der Waals surface area contributed by atoms with Crippen LogP contribution < -0.4 is 9.46 Å². The van der Waals surface area contributed by atoms with Gasteiger partial charge in [0, 0.05) is 17.2 Å². The maximum atomic E-state index is 12.7. The lowest BCUT2D eigenvalue weighted by Crippen LogP contribution is -2.33. The number of aromatic nitrogens is 2. The van der Waals surface area contributed by atoms with Crippen LogP contribution in [0.1, 0.15) is 57.2 Å². The third-order valence-electron chi connectivity index (χ3n) is 6.05. The molecule has 0 unspecified atom stereocenters. The molecule has 0 radical (unpaired) electrons. The molecule has 1 aliphatic rings. The minimum absolute atomic E-state index is 0.0374. The molecular formula is C27H30N4O5S2. The van der Waals surface area contributed by atoms with Gasteiger partial charge in [0.05, 0.1) is 31.5 Å². The van der Waals surface area contributed by atoms with E-state index in [1.54, 1.807) is 19.1 Å². The summed E-state index contributed by atoms with van der Waals surface area (Å²) in [6.45, 7) is 13.3. The zero-order valence-electron chi connectivity index (χ0n) is 21.6. The van der Waals surface area contributed by atoms with Gasteiger partial charge in [-0.1, -0.05) is 35.6 Å². The van der Waals surface area contributed by atoms with Crippen molar-refractivity contribution in [3.05, 3.63) is 58.9 Å². The molecule has 0 aliphatic heterocycles. The van der Waals surface area contributed by atoms with Crippen molar-refractivity contribution in [3.63, 3.8) is 0 Å². The van der Waals surface area contributed by atoms with Gasteiger partial charge in [0.1, 0.15) is 15.8 Å². The summed E-state index contributed by atoms with van der Waals surface area (Å²) in [5.41, 5.74) is 4.08. The normalized spacial score (nSPS) is 15.1. The van der Waals surface area contributed by atoms with Gasteiger partial charge in [-0.15, -0.1) is 10.2 Å². The van der Waals surface area contributed by atoms with Gasteiger partial charge in [-0.3, -0.25) is 4.79 Å². The quantitative estimate of drug-likeness (QED) is 0.262. The minimum Gasteiger partial charge on any atom is -0.502 e. The molecule has 11 heteroatoms. The average Bonchev–Trinajstić information content (AvgIpc) is 3.37. The second kappa shape index (κ2) is 12.0. The first-order chi connectivity index (χ1) is 18.2. The molecule has 1 atom stereocenters. The Labute approximate surface area is 227 Å². The number of carbonyl (C=O) groups excluding carboxylic acids is 1. The van der Waals surface area contributed by atoms with Gasteiger partial charge in [-0.25, -0.2) is 18.0 Å². The molecule has 200 valence electrons. The second-order valence-electron chi connectivity index (χ2n) is 9.18. The number of nitrogens with zero attached hydrogens (tertiary/aromatic N) is 3. The molecule has 0 amide bonds. The number of nitrogens with one attached hydrogen (secondary N) is 1. The van der Waals surface area contributed by atoms with Crippen molar-refractivity contribution in [1.29, 1.82) is 0 Å². The van der Waals surface area contributed by atoms with Crippen LogP contribution in [0.15, 0.2) is 36.4 Å². The molecule has 1 heterocycles. The highest BCUT2D eigenvalue weighted by Gasteiger charge is 2.27. The van der Waals surface area contributed by atoms with Crippen LogP contribution in [0.5, 0.6) is 5.75 Å². The van der Waals surface area contributed by atoms with Crippen molar-refractivity contribution in [3.8, 4) is 26.9 Å². The van der Waals surface area contributed by atoms with Crippen molar-refractivity contribution >= 4 is 33.0 Å². The largest absolute Gasteiger partial charge is 0.502 e. The number of sulfonamides is 1. The number of benzene rings is 2. The zero-order chi connectivity index (χ0) is 27.3. The standard InChI is InChI=1S/C27H30N4O5S2/c1-5-35-25(32)14-15-38(33,34)31-22-11-7-8-19-20(22)9-6-10-21(19)27-30-29-26(37-27)18-12-13-24(36-17(2)3)23(16-18)28-4/h6,9-10,12-13,16-17,22,31H,5,7-8,11,14-15H2,1-3H3/t22-/m0/s1. The van der Waals surface area contributed by atoms with Crippen LogP contribution in [0.2, 0.25) is 0 Å². The van der Waals surface area contributed by atoms with Gasteiger partial charge < -0.3 is 9.47 Å². The summed E-state index contributed by atoms with van der Waals surface area (Å²) in [6.07, 6.45) is 2.05. The van der Waals surface area contributed by atoms with Crippen molar-refractivity contribution < 1.29 is 22.7 Å². The first kappa shape index (κ1) is 27.7. The van der Waals surface area contributed by atoms with E-state index in [-0.39, 0.29) is 30.9 Å². The van der Waals surface area contributed by atoms with Gasteiger partial charge in [-0.05, 0) is 63.3 Å². The van der Waals surface area contributed by atoms with E-state index in [1.807, 2.05) is 38.1 Å². The summed E-state index contributed by atoms with van der Waals surface area (Å²) in [6, 6.07) is 10.9. The number of hydrogen-bond donors (Lipinski definition) is 1. The average molecular weight is 555 g/mol. The number of fused-ring (bicyclic) bond motifs is 1. The molecule has 0 spiro atoms. The highest BCUT2D eigenvalue weighted by molar-refractivity contribution is 7.89. The first-order valence-corrected chi connectivity index (χ1v) is 15.0. The maximum Gasteiger partial charge on any atom is 0.306 e. The molecule has 1 aromatic heterocycles. The highest BCUT2D eigenvalue weighted by Crippen LogP contribution is 2.40. The fraction of sp³-hybridized carbons (Fsp3) is 0.407. The van der Waals surface area contributed by atoms with Crippen molar-refractivity contribution in [1.82, 2.24) is 14.9 Å². The molecule has 9 nitrogen and oxygen atoms in total. The molecule has 4 rings (SSSR count). The van der Waals surface area contributed by atoms with Crippen molar-refractivity contribution in [2.24, 2.45) is 0 Å². The lowest BCUT2D eigenvalue weighted by molar-refractivity contribution is -0.142. The Morgan fingerprint density at radius 1 is 1.24 bits per heavy atom. The molecular weight excluding hydrogens is 524 g/mol. The molecule has 0 fully saturated rings. The minimum atomic E-state index is -3.68. The van der Waals surface area contributed by atoms with Gasteiger partial charge in [0.15, 0.2) is 0 Å². The van der Waals surface area contributed by atoms with Crippen LogP contribution in [0.25, 0.3) is 26.0 Å². The van der Waals surface area contributed by atoms with Crippen molar-refractivity contribution in [2.45, 2.75) is 58.6 Å². The fourth-order valence-electron chi connectivity index (χ4n) is 4.44. The van der Waals surface area contributed by atoms with E-state index in [0.717, 1.165) is 40.1 Å². The molecule has 3 aromatic rings. The van der Waals surface area contributed by atoms with E-state index >= 15 is 0 Å². The fourth-order valence-corrected chi connectivity index (χ4v) is 6.56. The van der Waals surface area contributed by atoms with E-state index in [1.165, 1.54) is 11.3 Å². The topological polar surface area (TPSA) is 112 Å². The van der Waals surface area contributed by atoms with Gasteiger partial charge in [0.25, 0.3) is 0 Å². The highest BCUT2D eigenvalue weighted by atomic mass is 32.2. The summed E-state index contributed by atoms with van der Waals surface area (Å²) >= 11 is 1.43. The number of ether oxygens (including phenoxy) is 2. The summed E-state index contributed by atoms with van der Waals surface area (Å²) in [5, 5.41) is 10.2. The van der Waals surface area contributed by atoms with Crippen LogP contribution in [0, 0.1) is 6.57 Å². The second-order valence-corrected chi connectivity index (χ2v) is 12.0. The Morgan fingerprint density at radius 2 is 2.03 bits per heavy atom. The van der Waals surface area contributed by atoms with Crippen molar-refractivity contribution in [2.75, 3.05) is 12.4 Å². The SMILES string of the molecule is [C-]#[N+]c1cc(-c2nnc(-c3cccc4c3CCC[C@@H]4NS(=O)(=O)CCC(=O)OCC)s2)ccc1OC(C)C. The number of hydrogen-bond acceptors (Lipinski definition) is 8. The Bertz CT molecular complexity index is 1460. The molecule has 2 aromatic carbocycles. The molecule has 0 saturated heterocycles. The Kier molecular flexibility index (Phi) is 8.76. The van der Waals surface area contributed by atoms with E-state index < -0.39 is 16.0 Å². The predicted molar refractivity (Wildman–Crippen MR) is 147 cm³/mol. The Morgan fingerprint density at radius 3 is 2.76 bits per heavy atom. The van der Waals surface area contributed by atoms with Crippen LogP contribution in [-0.2, 0) is 26.0 Å². The van der Waals surface area contributed by atoms with E-state index in [0.29, 0.717) is 22.9 Å². The predicted octanol–water partition coefficient (Wildman–Crippen LogP) is 5.46. The van der Waals surface area contributed by atoms with Gasteiger partial charge in [0.2, 0.25) is 15.7 Å². The summed E-state index contributed by atoms with van der Waals surface area (Å²) < 4.78 is 38.8. The maximum absolute atomic E-state index is 12.7. The molecule has 38 heavy (non-hydrogen) atoms. The van der Waals surface area contributed by atoms with Crippen LogP contribution in [0.3, 0.4) is 0 Å². The van der Waals surface area contributed by atoms with Crippen LogP contribution in [0.4, 0.5) is 5.69 Å². The molecule has 1 aliphatic carbocycles. The monoisotopic (exact) mass is 554 g/mol. The summed E-state index contributed by atoms with van der Waals surface area (Å²) in [5.74, 6) is -0.303. The number of carbonyl (C=O) groups is 1. The molecule has 0 saturated carbocycles. The van der Waals surface area contributed by atoms with E-state index in [2.05, 4.69) is 19.8 Å².